The van der Waals surface area contributed by atoms with E-state index in [2.05, 4.69) is 438 Å². The molecule has 111 heavy (non-hydrogen) atoms. The molecule has 0 atom stereocenters. The van der Waals surface area contributed by atoms with Gasteiger partial charge in [-0.2, -0.15) is 0 Å². The molecule has 3 heteroatoms. The van der Waals surface area contributed by atoms with Gasteiger partial charge in [0, 0.05) is 28.2 Å². The molecule has 2 aliphatic heterocycles. The molecule has 0 radical (unpaired) electrons. The normalized spacial score (nSPS) is 13.3. The third kappa shape index (κ3) is 12.7. The van der Waals surface area contributed by atoms with Crippen LogP contribution < -0.4 is 14.7 Å². The van der Waals surface area contributed by atoms with E-state index >= 15 is 0 Å². The van der Waals surface area contributed by atoms with Gasteiger partial charge < -0.3 is 14.7 Å². The van der Waals surface area contributed by atoms with Gasteiger partial charge in [-0.3, -0.25) is 0 Å². The Hall–Kier alpha value is -12.3. The summed E-state index contributed by atoms with van der Waals surface area (Å²) in [7, 11) is 0. The molecule has 542 valence electrons. The van der Waals surface area contributed by atoms with Crippen LogP contribution in [0, 0.1) is 0 Å². The molecule has 3 nitrogen and oxygen atoms in total. The molecular weight excluding hydrogens is 1340 g/mol. The van der Waals surface area contributed by atoms with Gasteiger partial charge in [0.2, 0.25) is 0 Å². The molecule has 0 aromatic heterocycles. The number of nitrogens with zero attached hydrogens (tertiary/aromatic N) is 3. The molecule has 1 aliphatic carbocycles. The van der Waals surface area contributed by atoms with Gasteiger partial charge in [-0.05, 0) is 181 Å². The van der Waals surface area contributed by atoms with Crippen molar-refractivity contribution in [3.05, 3.63) is 390 Å². The van der Waals surface area contributed by atoms with Crippen LogP contribution in [0.5, 0.6) is 0 Å². The van der Waals surface area contributed by atoms with Gasteiger partial charge in [-0.15, -0.1) is 0 Å². The average molecular weight is 1430 g/mol. The molecule has 0 unspecified atom stereocenters. The van der Waals surface area contributed by atoms with E-state index in [9.17, 15) is 0 Å². The standard InChI is InChI=1S/C108H95N3/c1-105(2,3)81-55-45-72(46-56-81)91-41-27-42-92(73-47-57-82(58-48-73)106(4,5)6)102(91)109-95-63-53-78(87-37-25-23-35-85(87)70-29-15-13-16-30-70)66-97(95)111-98-67-79(88-38-26-24-36-86(88)71-31-17-14-18-32-71)54-64-96(98)110(100-69-80(68-99(109)104(100)111)101-89-39-21-19-33-76(89)65-77-34-20-22-40-90(77)101)103-93(74-49-59-83(60-50-74)107(7,8)9)43-28-44-94(103)75-51-61-84(62-52-75)108(10,11)12/h13-64,66-69,101H,65H2,1-12H3. The van der Waals surface area contributed by atoms with E-state index < -0.39 is 0 Å². The lowest BCUT2D eigenvalue weighted by molar-refractivity contribution is 0.590. The molecule has 2 heterocycles. The summed E-state index contributed by atoms with van der Waals surface area (Å²) in [5.41, 5.74) is 39.5. The van der Waals surface area contributed by atoms with Crippen LogP contribution in [0.4, 0.5) is 51.2 Å². The van der Waals surface area contributed by atoms with Crippen molar-refractivity contribution >= 4 is 51.2 Å². The summed E-state index contributed by atoms with van der Waals surface area (Å²) in [6, 6.07) is 130. The van der Waals surface area contributed by atoms with E-state index in [1.807, 2.05) is 0 Å². The van der Waals surface area contributed by atoms with Gasteiger partial charge >= 0.3 is 0 Å². The van der Waals surface area contributed by atoms with Crippen molar-refractivity contribution in [3.8, 4) is 89.0 Å². The summed E-state index contributed by atoms with van der Waals surface area (Å²) < 4.78 is 0. The summed E-state index contributed by atoms with van der Waals surface area (Å²) in [6.45, 7) is 27.8. The summed E-state index contributed by atoms with van der Waals surface area (Å²) in [5.74, 6) is -0.143. The molecule has 15 aromatic carbocycles. The van der Waals surface area contributed by atoms with Crippen molar-refractivity contribution in [3.63, 3.8) is 0 Å². The van der Waals surface area contributed by atoms with E-state index in [4.69, 9.17) is 0 Å². The average Bonchev–Trinajstić information content (AvgIpc) is 0.684. The minimum atomic E-state index is -0.143. The summed E-state index contributed by atoms with van der Waals surface area (Å²) >= 11 is 0. The quantitative estimate of drug-likeness (QED) is 0.128. The molecule has 0 N–H and O–H groups in total. The second-order valence-electron chi connectivity index (χ2n) is 34.9. The van der Waals surface area contributed by atoms with Crippen molar-refractivity contribution < 1.29 is 0 Å². The smallest absolute Gasteiger partial charge is 0.0948 e. The van der Waals surface area contributed by atoms with Crippen LogP contribution in [0.1, 0.15) is 139 Å². The molecule has 15 aromatic rings. The van der Waals surface area contributed by atoms with Gasteiger partial charge in [0.05, 0.1) is 51.2 Å². The third-order valence-electron chi connectivity index (χ3n) is 23.6. The second kappa shape index (κ2) is 27.4. The summed E-state index contributed by atoms with van der Waals surface area (Å²) in [6.07, 6.45) is 0.858. The van der Waals surface area contributed by atoms with Crippen LogP contribution in [0.25, 0.3) is 89.0 Å². The highest BCUT2D eigenvalue weighted by molar-refractivity contribution is 6.17. The van der Waals surface area contributed by atoms with Gasteiger partial charge in [0.15, 0.2) is 0 Å². The van der Waals surface area contributed by atoms with Gasteiger partial charge in [-0.25, -0.2) is 0 Å². The van der Waals surface area contributed by atoms with Crippen LogP contribution in [0.2, 0.25) is 0 Å². The van der Waals surface area contributed by atoms with Crippen molar-refractivity contribution in [1.29, 1.82) is 0 Å². The first kappa shape index (κ1) is 70.4. The first-order valence-corrected chi connectivity index (χ1v) is 39.6. The van der Waals surface area contributed by atoms with Crippen molar-refractivity contribution in [2.75, 3.05) is 14.7 Å². The van der Waals surface area contributed by atoms with Crippen molar-refractivity contribution in [2.24, 2.45) is 0 Å². The number of para-hydroxylation sites is 2. The Kier molecular flexibility index (Phi) is 17.4. The van der Waals surface area contributed by atoms with Gasteiger partial charge in [0.25, 0.3) is 0 Å². The van der Waals surface area contributed by atoms with E-state index in [-0.39, 0.29) is 27.6 Å². The maximum absolute atomic E-state index is 2.71. The Bertz CT molecular complexity index is 5530. The molecule has 0 spiro atoms. The molecule has 0 saturated carbocycles. The molecule has 3 aliphatic rings. The lowest BCUT2D eigenvalue weighted by Crippen LogP contribution is -2.31. The fraction of sp³-hybridized carbons (Fsp3) is 0.167. The van der Waals surface area contributed by atoms with Crippen LogP contribution in [-0.2, 0) is 28.1 Å². The molecule has 0 saturated heterocycles. The number of anilines is 9. The lowest BCUT2D eigenvalue weighted by atomic mass is 9.74. The first-order valence-electron chi connectivity index (χ1n) is 39.6. The van der Waals surface area contributed by atoms with E-state index in [0.717, 1.165) is 124 Å². The molecule has 0 amide bonds. The van der Waals surface area contributed by atoms with E-state index in [1.165, 1.54) is 72.3 Å². The van der Waals surface area contributed by atoms with Gasteiger partial charge in [0.1, 0.15) is 0 Å². The first-order chi connectivity index (χ1) is 53.6. The number of hydrogen-bond donors (Lipinski definition) is 0. The highest BCUT2D eigenvalue weighted by atomic mass is 15.3. The van der Waals surface area contributed by atoms with Crippen molar-refractivity contribution in [2.45, 2.75) is 117 Å². The number of benzene rings is 15. The van der Waals surface area contributed by atoms with E-state index in [1.54, 1.807) is 0 Å². The minimum absolute atomic E-state index is 0.0597. The van der Waals surface area contributed by atoms with Crippen LogP contribution >= 0.6 is 0 Å². The minimum Gasteiger partial charge on any atom is -0.305 e. The van der Waals surface area contributed by atoms with Crippen LogP contribution in [0.3, 0.4) is 0 Å². The molecule has 18 rings (SSSR count). The maximum atomic E-state index is 2.71. The zero-order chi connectivity index (χ0) is 76.2. The van der Waals surface area contributed by atoms with Crippen LogP contribution in [-0.4, -0.2) is 0 Å². The van der Waals surface area contributed by atoms with E-state index in [0.29, 0.717) is 0 Å². The topological polar surface area (TPSA) is 9.72 Å². The van der Waals surface area contributed by atoms with Crippen molar-refractivity contribution in [1.82, 2.24) is 0 Å². The highest BCUT2D eigenvalue weighted by Gasteiger charge is 2.44. The third-order valence-corrected chi connectivity index (χ3v) is 23.6. The predicted molar refractivity (Wildman–Crippen MR) is 473 cm³/mol. The molecular formula is C108H95N3. The SMILES string of the molecule is CC(C)(C)c1ccc(-c2cccc(-c3ccc(C(C)(C)C)cc3)c2N2c3ccc(-c4ccccc4-c4ccccc4)cc3N3c4cc(-c5ccccc5-c5ccccc5)ccc4N(c4c(-c5ccc(C(C)(C)C)cc5)cccc4-c4ccc(C(C)(C)C)cc4)c4cc(C5c6ccccc6Cc6ccccc65)cc2c43)cc1. The molecule has 0 fully saturated rings. The Morgan fingerprint density at radius 2 is 0.468 bits per heavy atom. The molecule has 0 bridgehead atoms. The largest absolute Gasteiger partial charge is 0.305 e. The number of hydrogen-bond acceptors (Lipinski definition) is 3. The second-order valence-corrected chi connectivity index (χ2v) is 34.9. The Labute approximate surface area is 657 Å². The zero-order valence-electron chi connectivity index (χ0n) is 66.0. The zero-order valence-corrected chi connectivity index (χ0v) is 66.0. The Morgan fingerprint density at radius 3 is 0.793 bits per heavy atom. The number of fused-ring (bicyclic) bond motifs is 6. The Morgan fingerprint density at radius 1 is 0.207 bits per heavy atom. The lowest BCUT2D eigenvalue weighted by Gasteiger charge is -2.49. The fourth-order valence-electron chi connectivity index (χ4n) is 17.6. The Balaban J connectivity index is 1.03. The predicted octanol–water partition coefficient (Wildman–Crippen LogP) is 30.3. The summed E-state index contributed by atoms with van der Waals surface area (Å²) in [4.78, 5) is 8.11. The monoisotopic (exact) mass is 1430 g/mol. The van der Waals surface area contributed by atoms with Crippen LogP contribution in [0.15, 0.2) is 340 Å². The fourth-order valence-corrected chi connectivity index (χ4v) is 17.6. The van der Waals surface area contributed by atoms with Gasteiger partial charge in [-0.1, -0.05) is 386 Å². The summed E-state index contributed by atoms with van der Waals surface area (Å²) in [5, 5.41) is 0. The maximum Gasteiger partial charge on any atom is 0.0948 e. The number of rotatable bonds is 11. The highest BCUT2D eigenvalue weighted by Crippen LogP contribution is 2.68.